The van der Waals surface area contributed by atoms with E-state index in [9.17, 15) is 4.79 Å². The predicted molar refractivity (Wildman–Crippen MR) is 85.4 cm³/mol. The Morgan fingerprint density at radius 2 is 1.62 bits per heavy atom. The highest BCUT2D eigenvalue weighted by Gasteiger charge is 2.45. The quantitative estimate of drug-likeness (QED) is 0.706. The normalized spacial score (nSPS) is 19.9. The van der Waals surface area contributed by atoms with E-state index >= 15 is 0 Å². The first kappa shape index (κ1) is 15.9. The molecule has 1 aromatic rings. The highest BCUT2D eigenvalue weighted by atomic mass is 16.6. The first-order valence-electron chi connectivity index (χ1n) is 7.56. The second-order valence-corrected chi connectivity index (χ2v) is 8.05. The first-order chi connectivity index (χ1) is 9.45. The number of amides is 1. The summed E-state index contributed by atoms with van der Waals surface area (Å²) in [7, 11) is 0. The SMILES string of the molecule is CC(C)(C)OC(=O)N1CC(C)(C)c2ccccc2C1(C)C. The summed E-state index contributed by atoms with van der Waals surface area (Å²) >= 11 is 0. The minimum absolute atomic E-state index is 0.0803. The number of rotatable bonds is 0. The van der Waals surface area contributed by atoms with Gasteiger partial charge < -0.3 is 4.74 Å². The van der Waals surface area contributed by atoms with Crippen LogP contribution in [0.4, 0.5) is 4.79 Å². The summed E-state index contributed by atoms with van der Waals surface area (Å²) in [6.45, 7) is 14.9. The van der Waals surface area contributed by atoms with E-state index in [1.54, 1.807) is 0 Å². The Labute approximate surface area is 128 Å². The monoisotopic (exact) mass is 289 g/mol. The van der Waals surface area contributed by atoms with Crippen LogP contribution in [0.15, 0.2) is 24.3 Å². The van der Waals surface area contributed by atoms with Gasteiger partial charge >= 0.3 is 6.09 Å². The van der Waals surface area contributed by atoms with Gasteiger partial charge in [-0.3, -0.25) is 4.90 Å². The summed E-state index contributed by atoms with van der Waals surface area (Å²) in [4.78, 5) is 14.5. The first-order valence-corrected chi connectivity index (χ1v) is 7.56. The van der Waals surface area contributed by atoms with Crippen molar-refractivity contribution in [2.75, 3.05) is 6.54 Å². The maximum Gasteiger partial charge on any atom is 0.411 e. The van der Waals surface area contributed by atoms with Gasteiger partial charge in [-0.05, 0) is 45.7 Å². The van der Waals surface area contributed by atoms with E-state index in [0.717, 1.165) is 0 Å². The van der Waals surface area contributed by atoms with Crippen LogP contribution in [-0.2, 0) is 15.7 Å². The molecule has 0 radical (unpaired) electrons. The largest absolute Gasteiger partial charge is 0.444 e. The molecule has 1 aromatic carbocycles. The second-order valence-electron chi connectivity index (χ2n) is 8.05. The Morgan fingerprint density at radius 1 is 1.10 bits per heavy atom. The summed E-state index contributed by atoms with van der Waals surface area (Å²) in [5.74, 6) is 0. The zero-order valence-corrected chi connectivity index (χ0v) is 14.3. The van der Waals surface area contributed by atoms with Gasteiger partial charge in [-0.15, -0.1) is 0 Å². The Kier molecular flexibility index (Phi) is 3.59. The molecule has 0 saturated carbocycles. The molecular formula is C18H27NO2. The maximum atomic E-state index is 12.6. The van der Waals surface area contributed by atoms with E-state index in [0.29, 0.717) is 6.54 Å². The summed E-state index contributed by atoms with van der Waals surface area (Å²) in [5, 5.41) is 0. The van der Waals surface area contributed by atoms with E-state index in [1.165, 1.54) is 11.1 Å². The predicted octanol–water partition coefficient (Wildman–Crippen LogP) is 4.45. The molecule has 1 amide bonds. The lowest BCUT2D eigenvalue weighted by molar-refractivity contribution is -0.00856. The van der Waals surface area contributed by atoms with E-state index in [1.807, 2.05) is 31.7 Å². The second kappa shape index (κ2) is 4.75. The van der Waals surface area contributed by atoms with E-state index < -0.39 is 5.60 Å². The molecule has 0 fully saturated rings. The highest BCUT2D eigenvalue weighted by molar-refractivity contribution is 5.71. The van der Waals surface area contributed by atoms with Crippen molar-refractivity contribution in [3.63, 3.8) is 0 Å². The van der Waals surface area contributed by atoms with Gasteiger partial charge in [-0.25, -0.2) is 4.79 Å². The minimum atomic E-state index is -0.478. The van der Waals surface area contributed by atoms with Crippen LogP contribution in [0.5, 0.6) is 0 Å². The van der Waals surface area contributed by atoms with E-state index in [-0.39, 0.29) is 17.0 Å². The molecule has 0 aromatic heterocycles. The maximum absolute atomic E-state index is 12.6. The van der Waals surface area contributed by atoms with Crippen molar-refractivity contribution >= 4 is 6.09 Å². The molecular weight excluding hydrogens is 262 g/mol. The number of carbonyl (C=O) groups excluding carboxylic acids is 1. The zero-order valence-electron chi connectivity index (χ0n) is 14.3. The lowest BCUT2D eigenvalue weighted by Crippen LogP contribution is -2.56. The fourth-order valence-corrected chi connectivity index (χ4v) is 3.04. The van der Waals surface area contributed by atoms with Crippen molar-refractivity contribution in [1.82, 2.24) is 4.90 Å². The number of hydrogen-bond donors (Lipinski definition) is 0. The molecule has 0 unspecified atom stereocenters. The van der Waals surface area contributed by atoms with Crippen LogP contribution >= 0.6 is 0 Å². The van der Waals surface area contributed by atoms with Gasteiger partial charge in [-0.1, -0.05) is 38.1 Å². The summed E-state index contributed by atoms with van der Waals surface area (Å²) in [6.07, 6.45) is -0.241. The van der Waals surface area contributed by atoms with E-state index in [4.69, 9.17) is 4.74 Å². The number of hydrogen-bond acceptors (Lipinski definition) is 2. The van der Waals surface area contributed by atoms with Crippen LogP contribution in [0.25, 0.3) is 0 Å². The van der Waals surface area contributed by atoms with Crippen LogP contribution in [0.3, 0.4) is 0 Å². The van der Waals surface area contributed by atoms with Gasteiger partial charge in [0.15, 0.2) is 0 Å². The molecule has 21 heavy (non-hydrogen) atoms. The number of carbonyl (C=O) groups is 1. The summed E-state index contributed by atoms with van der Waals surface area (Å²) in [5.41, 5.74) is 1.59. The molecule has 3 heteroatoms. The number of fused-ring (bicyclic) bond motifs is 1. The summed E-state index contributed by atoms with van der Waals surface area (Å²) in [6, 6.07) is 8.40. The molecule has 2 rings (SSSR count). The fraction of sp³-hybridized carbons (Fsp3) is 0.611. The standard InChI is InChI=1S/C18H27NO2/c1-16(2,3)21-15(20)19-12-17(4,5)13-10-8-9-11-14(13)18(19,6)7/h8-11H,12H2,1-7H3. The van der Waals surface area contributed by atoms with Crippen molar-refractivity contribution in [1.29, 1.82) is 0 Å². The molecule has 0 bridgehead atoms. The average molecular weight is 289 g/mol. The van der Waals surface area contributed by atoms with Crippen molar-refractivity contribution in [2.45, 2.75) is 65.0 Å². The minimum Gasteiger partial charge on any atom is -0.444 e. The smallest absolute Gasteiger partial charge is 0.411 e. The average Bonchev–Trinajstić information content (AvgIpc) is 2.32. The number of nitrogens with zero attached hydrogens (tertiary/aromatic N) is 1. The van der Waals surface area contributed by atoms with Gasteiger partial charge in [0.25, 0.3) is 0 Å². The van der Waals surface area contributed by atoms with Crippen molar-refractivity contribution < 1.29 is 9.53 Å². The molecule has 116 valence electrons. The molecule has 0 saturated heterocycles. The lowest BCUT2D eigenvalue weighted by atomic mass is 9.71. The molecule has 1 aliphatic heterocycles. The Balaban J connectivity index is 2.45. The Hall–Kier alpha value is -1.51. The van der Waals surface area contributed by atoms with E-state index in [2.05, 4.69) is 45.9 Å². The lowest BCUT2D eigenvalue weighted by Gasteiger charge is -2.50. The molecule has 0 spiro atoms. The van der Waals surface area contributed by atoms with Crippen LogP contribution in [-0.4, -0.2) is 23.1 Å². The van der Waals surface area contributed by atoms with Crippen LogP contribution in [0, 0.1) is 0 Å². The molecule has 1 aliphatic rings. The fourth-order valence-electron chi connectivity index (χ4n) is 3.04. The van der Waals surface area contributed by atoms with Crippen LogP contribution in [0.2, 0.25) is 0 Å². The van der Waals surface area contributed by atoms with Gasteiger partial charge in [0, 0.05) is 12.0 Å². The topological polar surface area (TPSA) is 29.5 Å². The Morgan fingerprint density at radius 3 is 2.14 bits per heavy atom. The molecule has 0 atom stereocenters. The van der Waals surface area contributed by atoms with Gasteiger partial charge in [0.2, 0.25) is 0 Å². The van der Waals surface area contributed by atoms with Gasteiger partial charge in [0.05, 0.1) is 5.54 Å². The third-order valence-electron chi connectivity index (χ3n) is 4.16. The summed E-state index contributed by atoms with van der Waals surface area (Å²) < 4.78 is 5.61. The molecule has 3 nitrogen and oxygen atoms in total. The molecule has 0 aliphatic carbocycles. The number of benzene rings is 1. The van der Waals surface area contributed by atoms with Gasteiger partial charge in [0.1, 0.15) is 5.60 Å². The highest BCUT2D eigenvalue weighted by Crippen LogP contribution is 2.43. The number of ether oxygens (including phenoxy) is 1. The zero-order chi connectivity index (χ0) is 16.1. The van der Waals surface area contributed by atoms with Crippen LogP contribution in [0.1, 0.15) is 59.6 Å². The molecule has 0 N–H and O–H groups in total. The molecule has 1 heterocycles. The van der Waals surface area contributed by atoms with Crippen LogP contribution < -0.4 is 0 Å². The third kappa shape index (κ3) is 2.92. The van der Waals surface area contributed by atoms with Gasteiger partial charge in [-0.2, -0.15) is 0 Å². The van der Waals surface area contributed by atoms with Crippen molar-refractivity contribution in [2.24, 2.45) is 0 Å². The Bertz CT molecular complexity index is 553. The van der Waals surface area contributed by atoms with Crippen molar-refractivity contribution in [3.8, 4) is 0 Å². The third-order valence-corrected chi connectivity index (χ3v) is 4.16. The van der Waals surface area contributed by atoms with Crippen molar-refractivity contribution in [3.05, 3.63) is 35.4 Å².